The average molecular weight is 476 g/mol. The highest BCUT2D eigenvalue weighted by Crippen LogP contribution is 2.39. The van der Waals surface area contributed by atoms with Crippen molar-refractivity contribution >= 4 is 35.1 Å². The van der Waals surface area contributed by atoms with E-state index in [9.17, 15) is 19.2 Å². The summed E-state index contributed by atoms with van der Waals surface area (Å²) in [6.07, 6.45) is 10.4. The summed E-state index contributed by atoms with van der Waals surface area (Å²) >= 11 is 6.35. The van der Waals surface area contributed by atoms with Crippen LogP contribution in [0.25, 0.3) is 0 Å². The third-order valence-electron chi connectivity index (χ3n) is 5.59. The van der Waals surface area contributed by atoms with Crippen LogP contribution < -0.4 is 0 Å². The van der Waals surface area contributed by atoms with E-state index in [1.54, 1.807) is 17.2 Å². The molecule has 0 radical (unpaired) electrons. The lowest BCUT2D eigenvalue weighted by atomic mass is 9.79. The molecule has 0 bridgehead atoms. The van der Waals surface area contributed by atoms with Gasteiger partial charge in [-0.15, -0.1) is 0 Å². The highest BCUT2D eigenvalue weighted by atomic mass is 35.5. The highest BCUT2D eigenvalue weighted by molar-refractivity contribution is 6.49. The first-order chi connectivity index (χ1) is 15.4. The fraction of sp³-hybridized carbons (Fsp3) is 0.440. The van der Waals surface area contributed by atoms with Crippen LogP contribution in [0.3, 0.4) is 0 Å². The number of esters is 1. The van der Waals surface area contributed by atoms with Gasteiger partial charge in [0.25, 0.3) is 0 Å². The Morgan fingerprint density at radius 2 is 1.94 bits per heavy atom. The second-order valence-corrected chi connectivity index (χ2v) is 8.82. The molecule has 33 heavy (non-hydrogen) atoms. The molecule has 7 nitrogen and oxygen atoms in total. The number of ketones is 2. The molecule has 0 aromatic rings. The molecule has 178 valence electrons. The van der Waals surface area contributed by atoms with Crippen LogP contribution >= 0.6 is 11.6 Å². The number of allylic oxidation sites excluding steroid dienone is 6. The summed E-state index contributed by atoms with van der Waals surface area (Å²) in [6.45, 7) is 8.88. The number of carbonyl (C=O) groups excluding carboxylic acids is 3. The zero-order valence-electron chi connectivity index (χ0n) is 19.6. The molecule has 2 rings (SSSR count). The number of hydrogen-bond acceptors (Lipinski definition) is 6. The Hall–Kier alpha value is -2.93. The molecular weight excluding hydrogens is 446 g/mol. The lowest BCUT2D eigenvalue weighted by Gasteiger charge is -2.35. The molecule has 8 heteroatoms. The molecule has 0 saturated carbocycles. The Kier molecular flexibility index (Phi) is 8.61. The second-order valence-electron chi connectivity index (χ2n) is 8.45. The van der Waals surface area contributed by atoms with E-state index in [0.29, 0.717) is 24.6 Å². The highest BCUT2D eigenvalue weighted by Gasteiger charge is 2.52. The van der Waals surface area contributed by atoms with Gasteiger partial charge in [0.2, 0.25) is 17.2 Å². The molecule has 0 amide bonds. The van der Waals surface area contributed by atoms with Crippen molar-refractivity contribution < 1.29 is 29.0 Å². The van der Waals surface area contributed by atoms with Gasteiger partial charge in [-0.05, 0) is 38.3 Å². The molecule has 1 heterocycles. The minimum atomic E-state index is -2.04. The summed E-state index contributed by atoms with van der Waals surface area (Å²) in [5.41, 5.74) is 0.0632. The van der Waals surface area contributed by atoms with Crippen molar-refractivity contribution in [2.75, 3.05) is 6.54 Å². The summed E-state index contributed by atoms with van der Waals surface area (Å²) in [5.74, 6) is -2.72. The van der Waals surface area contributed by atoms with E-state index in [1.807, 2.05) is 19.1 Å². The Bertz CT molecular complexity index is 1020. The predicted molar refractivity (Wildman–Crippen MR) is 125 cm³/mol. The van der Waals surface area contributed by atoms with Crippen LogP contribution in [0.15, 0.2) is 58.0 Å². The number of aliphatic carboxylic acids is 1. The number of fused-ring (bicyclic) bond motifs is 1. The lowest BCUT2D eigenvalue weighted by molar-refractivity contribution is -0.167. The summed E-state index contributed by atoms with van der Waals surface area (Å²) in [4.78, 5) is 50.3. The molecular formula is C25H30ClNO6. The van der Waals surface area contributed by atoms with Crippen molar-refractivity contribution in [2.24, 2.45) is 5.92 Å². The summed E-state index contributed by atoms with van der Waals surface area (Å²) in [6, 6.07) is 0. The molecule has 0 aromatic carbocycles. The van der Waals surface area contributed by atoms with Crippen LogP contribution in [0.5, 0.6) is 0 Å². The molecule has 0 fully saturated rings. The predicted octanol–water partition coefficient (Wildman–Crippen LogP) is 4.45. The summed E-state index contributed by atoms with van der Waals surface area (Å²) < 4.78 is 5.09. The normalized spacial score (nSPS) is 22.2. The minimum absolute atomic E-state index is 0.0370. The van der Waals surface area contributed by atoms with Crippen molar-refractivity contribution in [2.45, 2.75) is 59.5 Å². The average Bonchev–Trinajstić information content (AvgIpc) is 2.74. The van der Waals surface area contributed by atoms with Gasteiger partial charge in [-0.1, -0.05) is 49.6 Å². The van der Waals surface area contributed by atoms with Crippen molar-refractivity contribution in [1.82, 2.24) is 4.90 Å². The first-order valence-corrected chi connectivity index (χ1v) is 11.3. The zero-order valence-corrected chi connectivity index (χ0v) is 20.4. The number of ether oxygens (including phenoxy) is 1. The van der Waals surface area contributed by atoms with Crippen molar-refractivity contribution in [3.8, 4) is 0 Å². The molecule has 2 atom stereocenters. The van der Waals surface area contributed by atoms with Gasteiger partial charge >= 0.3 is 11.9 Å². The van der Waals surface area contributed by atoms with Crippen LogP contribution in [0.2, 0.25) is 0 Å². The smallest absolute Gasteiger partial charge is 0.304 e. The van der Waals surface area contributed by atoms with Crippen LogP contribution in [-0.4, -0.2) is 45.7 Å². The number of nitrogens with zero attached hydrogens (tertiary/aromatic N) is 1. The number of carboxylic acids is 1. The fourth-order valence-electron chi connectivity index (χ4n) is 3.62. The Morgan fingerprint density at radius 1 is 1.27 bits per heavy atom. The largest absolute Gasteiger partial charge is 0.481 e. The Morgan fingerprint density at radius 3 is 2.52 bits per heavy atom. The van der Waals surface area contributed by atoms with Crippen LogP contribution in [0.4, 0.5) is 0 Å². The van der Waals surface area contributed by atoms with E-state index in [2.05, 4.69) is 19.9 Å². The number of carbonyl (C=O) groups is 4. The molecule has 1 N–H and O–H groups in total. The molecule has 1 aliphatic carbocycles. The quantitative estimate of drug-likeness (QED) is 0.298. The van der Waals surface area contributed by atoms with Gasteiger partial charge in [-0.3, -0.25) is 19.2 Å². The third-order valence-corrected chi connectivity index (χ3v) is 5.97. The van der Waals surface area contributed by atoms with E-state index in [1.165, 1.54) is 6.92 Å². The number of halogens is 1. The van der Waals surface area contributed by atoms with Gasteiger partial charge in [-0.25, -0.2) is 0 Å². The van der Waals surface area contributed by atoms with E-state index in [4.69, 9.17) is 21.4 Å². The first-order valence-electron chi connectivity index (χ1n) is 10.9. The zero-order chi connectivity index (χ0) is 24.9. The molecule has 0 saturated heterocycles. The van der Waals surface area contributed by atoms with Crippen molar-refractivity contribution in [1.29, 1.82) is 0 Å². The summed E-state index contributed by atoms with van der Waals surface area (Å²) in [5, 5.41) is 8.82. The van der Waals surface area contributed by atoms with E-state index in [0.717, 1.165) is 18.9 Å². The maximum absolute atomic E-state index is 13.2. The van der Waals surface area contributed by atoms with E-state index >= 15 is 0 Å². The maximum atomic E-state index is 13.2. The van der Waals surface area contributed by atoms with Gasteiger partial charge in [-0.2, -0.15) is 0 Å². The number of Topliss-reactive ketones (excluding diaryl/α,β-unsaturated/α-hetero) is 2. The molecule has 0 aromatic heterocycles. The molecule has 0 unspecified atom stereocenters. The summed E-state index contributed by atoms with van der Waals surface area (Å²) in [7, 11) is 0. The monoisotopic (exact) mass is 475 g/mol. The van der Waals surface area contributed by atoms with Crippen LogP contribution in [-0.2, 0) is 23.9 Å². The SMILES string of the molecule is CC[C@H](C)/C=C(C)/C=C/C1=CC2=C(Cl)C(=O)[C@@](C)(OC(C)=O)C(=O)C2=CN1CCCC(=O)O. The van der Waals surface area contributed by atoms with Crippen molar-refractivity contribution in [3.05, 3.63) is 58.0 Å². The standard InChI is InChI=1S/C25H30ClNO6/c1-6-15(2)12-16(3)9-10-18-13-19-20(14-27(18)11-7-8-21(29)30)23(31)25(5,33-17(4)28)24(32)22(19)26/h9-10,12-15H,6-8,11H2,1-5H3,(H,29,30)/b10-9+,16-12+/t15-,25-/m0/s1. The topological polar surface area (TPSA) is 101 Å². The van der Waals surface area contributed by atoms with Crippen molar-refractivity contribution in [3.63, 3.8) is 0 Å². The van der Waals surface area contributed by atoms with Crippen LogP contribution in [0, 0.1) is 5.92 Å². The van der Waals surface area contributed by atoms with Gasteiger partial charge in [0.15, 0.2) is 0 Å². The third kappa shape index (κ3) is 6.11. The Labute approximate surface area is 199 Å². The van der Waals surface area contributed by atoms with Gasteiger partial charge in [0, 0.05) is 42.9 Å². The van der Waals surface area contributed by atoms with E-state index in [-0.39, 0.29) is 22.6 Å². The maximum Gasteiger partial charge on any atom is 0.304 e. The number of hydrogen-bond donors (Lipinski definition) is 1. The molecule has 0 spiro atoms. The minimum Gasteiger partial charge on any atom is -0.481 e. The molecule has 2 aliphatic rings. The second kappa shape index (κ2) is 10.8. The van der Waals surface area contributed by atoms with E-state index < -0.39 is 29.1 Å². The number of rotatable bonds is 9. The van der Waals surface area contributed by atoms with Crippen LogP contribution in [0.1, 0.15) is 53.9 Å². The Balaban J connectivity index is 2.52. The first kappa shape index (κ1) is 26.3. The lowest BCUT2D eigenvalue weighted by Crippen LogP contribution is -2.52. The van der Waals surface area contributed by atoms with Gasteiger partial charge in [0.1, 0.15) is 0 Å². The van der Waals surface area contributed by atoms with Gasteiger partial charge < -0.3 is 14.7 Å². The van der Waals surface area contributed by atoms with Gasteiger partial charge in [0.05, 0.1) is 5.03 Å². The fourth-order valence-corrected chi connectivity index (χ4v) is 3.96. The number of carboxylic acid groups (broad SMARTS) is 1. The molecule has 1 aliphatic heterocycles.